The van der Waals surface area contributed by atoms with Crippen LogP contribution in [0.4, 0.5) is 0 Å². The summed E-state index contributed by atoms with van der Waals surface area (Å²) in [5.74, 6) is 0. The van der Waals surface area contributed by atoms with Gasteiger partial charge in [0.2, 0.25) is 6.35 Å². The average Bonchev–Trinajstić information content (AvgIpc) is 2.82. The van der Waals surface area contributed by atoms with Crippen LogP contribution in [-0.4, -0.2) is 57.0 Å². The van der Waals surface area contributed by atoms with Gasteiger partial charge in [0.05, 0.1) is 0 Å². The van der Waals surface area contributed by atoms with Crippen LogP contribution in [0.3, 0.4) is 0 Å². The molecule has 0 radical (unpaired) electrons. The van der Waals surface area contributed by atoms with Gasteiger partial charge in [-0.3, -0.25) is 0 Å². The zero-order valence-electron chi connectivity index (χ0n) is 14.1. The zero-order valence-corrected chi connectivity index (χ0v) is 14.9. The minimum Gasteiger partial charge on any atom is -0.356 e. The highest BCUT2D eigenvalue weighted by Gasteiger charge is 2.34. The fourth-order valence-corrected chi connectivity index (χ4v) is 2.92. The second-order valence-corrected chi connectivity index (χ2v) is 7.09. The second kappa shape index (κ2) is 8.71. The molecule has 0 aliphatic carbocycles. The molecule has 130 valence electrons. The minimum absolute atomic E-state index is 0.559. The van der Waals surface area contributed by atoms with E-state index in [-0.39, 0.29) is 0 Å². The van der Waals surface area contributed by atoms with Crippen molar-refractivity contribution in [3.8, 4) is 0 Å². The van der Waals surface area contributed by atoms with E-state index >= 15 is 0 Å². The van der Waals surface area contributed by atoms with Gasteiger partial charge in [0, 0.05) is 33.1 Å². The molecule has 7 nitrogen and oxygen atoms in total. The van der Waals surface area contributed by atoms with E-state index in [1.165, 1.54) is 14.0 Å². The van der Waals surface area contributed by atoms with E-state index in [0.29, 0.717) is 6.42 Å². The fourth-order valence-electron chi connectivity index (χ4n) is 2.02. The summed E-state index contributed by atoms with van der Waals surface area (Å²) in [4.78, 5) is 3.58. The summed E-state index contributed by atoms with van der Waals surface area (Å²) >= 11 is 0. The van der Waals surface area contributed by atoms with E-state index in [4.69, 9.17) is 13.7 Å². The number of methoxy groups -OCH3 is 1. The van der Waals surface area contributed by atoms with Crippen LogP contribution >= 0.6 is 0 Å². The molecule has 0 saturated heterocycles. The number of ether oxygens (including phenoxy) is 2. The Morgan fingerprint density at radius 1 is 1.27 bits per heavy atom. The van der Waals surface area contributed by atoms with Crippen molar-refractivity contribution in [2.45, 2.75) is 58.1 Å². The molecule has 0 bridgehead atoms. The molecule has 1 aliphatic heterocycles. The van der Waals surface area contributed by atoms with Crippen molar-refractivity contribution in [2.24, 2.45) is 0 Å². The predicted molar refractivity (Wildman–Crippen MR) is 83.9 cm³/mol. The highest BCUT2D eigenvalue weighted by molar-refractivity contribution is 7.87. The number of unbranched alkanes of at least 4 members (excludes halogenated alkanes) is 1. The molecule has 0 aromatic heterocycles. The van der Waals surface area contributed by atoms with Crippen molar-refractivity contribution in [2.75, 3.05) is 20.7 Å². The first-order chi connectivity index (χ1) is 10.4. The van der Waals surface area contributed by atoms with Crippen molar-refractivity contribution in [1.29, 1.82) is 0 Å². The number of hydrogen-bond acceptors (Lipinski definition) is 7. The zero-order chi connectivity index (χ0) is 16.8. The molecule has 0 fully saturated rings. The van der Waals surface area contributed by atoms with Gasteiger partial charge in [-0.15, -0.1) is 0 Å². The molecule has 3 atom stereocenters. The van der Waals surface area contributed by atoms with Crippen LogP contribution in [0, 0.1) is 0 Å². The third-order valence-corrected chi connectivity index (χ3v) is 4.83. The summed E-state index contributed by atoms with van der Waals surface area (Å²) in [6.45, 7) is 6.13. The fraction of sp³-hybridized carbons (Fsp3) is 0.857. The van der Waals surface area contributed by atoms with Crippen LogP contribution in [0.1, 0.15) is 40.0 Å². The Balaban J connectivity index is 2.69. The van der Waals surface area contributed by atoms with Gasteiger partial charge in [0.25, 0.3) is 10.1 Å². The maximum atomic E-state index is 12.3. The van der Waals surface area contributed by atoms with Gasteiger partial charge in [-0.05, 0) is 19.8 Å². The topological polar surface area (TPSA) is 68.3 Å². The lowest BCUT2D eigenvalue weighted by atomic mass is 10.3. The molecule has 1 aliphatic rings. The van der Waals surface area contributed by atoms with Crippen LogP contribution < -0.4 is 0 Å². The molecule has 3 unspecified atom stereocenters. The van der Waals surface area contributed by atoms with Crippen molar-refractivity contribution < 1.29 is 22.1 Å². The molecular weight excluding hydrogens is 308 g/mol. The average molecular weight is 336 g/mol. The first kappa shape index (κ1) is 19.2. The van der Waals surface area contributed by atoms with Gasteiger partial charge >= 0.3 is 0 Å². The maximum absolute atomic E-state index is 12.3. The second-order valence-electron chi connectivity index (χ2n) is 5.25. The third-order valence-electron chi connectivity index (χ3n) is 3.46. The molecule has 0 spiro atoms. The minimum atomic E-state index is -3.88. The number of nitrogens with zero attached hydrogens (tertiary/aromatic N) is 2. The Morgan fingerprint density at radius 2 is 1.95 bits per heavy atom. The van der Waals surface area contributed by atoms with E-state index in [1.807, 2.05) is 18.0 Å². The largest absolute Gasteiger partial charge is 0.356 e. The molecule has 0 saturated carbocycles. The normalized spacial score (nSPS) is 21.4. The molecule has 0 aromatic rings. The quantitative estimate of drug-likeness (QED) is 0.446. The van der Waals surface area contributed by atoms with Crippen LogP contribution in [0.25, 0.3) is 0 Å². The summed E-state index contributed by atoms with van der Waals surface area (Å²) in [6, 6.07) is 0. The standard InChI is InChI=1S/C14H28N2O5S/c1-6-8-9-16-11-10-15(4)14(16)21-22(17,18)12(3)20-13(7-2)19-5/h10-14H,6-9H2,1-5H3. The van der Waals surface area contributed by atoms with E-state index in [2.05, 4.69) is 6.92 Å². The number of hydrogen-bond donors (Lipinski definition) is 0. The first-order valence-electron chi connectivity index (χ1n) is 7.62. The van der Waals surface area contributed by atoms with Crippen LogP contribution in [0.2, 0.25) is 0 Å². The lowest BCUT2D eigenvalue weighted by Crippen LogP contribution is -2.43. The van der Waals surface area contributed by atoms with Crippen LogP contribution in [-0.2, 0) is 23.8 Å². The summed E-state index contributed by atoms with van der Waals surface area (Å²) in [5.41, 5.74) is -1.10. The molecule has 1 rings (SSSR count). The molecular formula is C14H28N2O5S. The lowest BCUT2D eigenvalue weighted by Gasteiger charge is -2.30. The lowest BCUT2D eigenvalue weighted by molar-refractivity contribution is -0.135. The van der Waals surface area contributed by atoms with Crippen molar-refractivity contribution in [1.82, 2.24) is 9.80 Å². The van der Waals surface area contributed by atoms with E-state index in [1.54, 1.807) is 18.1 Å². The van der Waals surface area contributed by atoms with Gasteiger partial charge in [0.1, 0.15) is 0 Å². The van der Waals surface area contributed by atoms with Gasteiger partial charge in [-0.25, -0.2) is 4.18 Å². The van der Waals surface area contributed by atoms with Gasteiger partial charge in [0.15, 0.2) is 11.7 Å². The van der Waals surface area contributed by atoms with Crippen molar-refractivity contribution >= 4 is 10.1 Å². The molecule has 8 heteroatoms. The van der Waals surface area contributed by atoms with E-state index in [9.17, 15) is 8.42 Å². The summed E-state index contributed by atoms with van der Waals surface area (Å²) < 4.78 is 40.5. The number of rotatable bonds is 10. The molecule has 0 amide bonds. The Labute approximate surface area is 133 Å². The van der Waals surface area contributed by atoms with E-state index < -0.39 is 28.2 Å². The smallest absolute Gasteiger partial charge is 0.298 e. The Kier molecular flexibility index (Phi) is 7.61. The van der Waals surface area contributed by atoms with Gasteiger partial charge in [-0.1, -0.05) is 20.3 Å². The van der Waals surface area contributed by atoms with Crippen molar-refractivity contribution in [3.63, 3.8) is 0 Å². The first-order valence-corrected chi connectivity index (χ1v) is 9.09. The highest BCUT2D eigenvalue weighted by atomic mass is 32.2. The maximum Gasteiger partial charge on any atom is 0.298 e. The Hall–Kier alpha value is -0.830. The van der Waals surface area contributed by atoms with Gasteiger partial charge in [-0.2, -0.15) is 8.42 Å². The Morgan fingerprint density at radius 3 is 2.50 bits per heavy atom. The molecule has 22 heavy (non-hydrogen) atoms. The van der Waals surface area contributed by atoms with E-state index in [0.717, 1.165) is 19.4 Å². The molecule has 0 N–H and O–H groups in total. The molecule has 0 aromatic carbocycles. The monoisotopic (exact) mass is 336 g/mol. The van der Waals surface area contributed by atoms with Gasteiger partial charge < -0.3 is 19.3 Å². The SMILES string of the molecule is CCCCN1C=CN(C)C1OS(=O)(=O)C(C)OC(CC)OC. The van der Waals surface area contributed by atoms with Crippen molar-refractivity contribution in [3.05, 3.63) is 12.4 Å². The summed E-state index contributed by atoms with van der Waals surface area (Å²) in [5, 5.41) is 0. The summed E-state index contributed by atoms with van der Waals surface area (Å²) in [6.07, 6.45) is 4.96. The Bertz CT molecular complexity index is 450. The third kappa shape index (κ3) is 5.12. The van der Waals surface area contributed by atoms with Crippen LogP contribution in [0.15, 0.2) is 12.4 Å². The van der Waals surface area contributed by atoms with Crippen LogP contribution in [0.5, 0.6) is 0 Å². The summed E-state index contributed by atoms with van der Waals surface area (Å²) in [7, 11) is -0.618. The predicted octanol–water partition coefficient (Wildman–Crippen LogP) is 1.88. The molecule has 1 heterocycles. The highest BCUT2D eigenvalue weighted by Crippen LogP contribution is 2.21.